The minimum absolute atomic E-state index is 0.107. The first kappa shape index (κ1) is 15.4. The Hall–Kier alpha value is -1.99. The first-order chi connectivity index (χ1) is 9.79. The summed E-state index contributed by atoms with van der Waals surface area (Å²) in [6, 6.07) is 8.26. The molecule has 0 saturated carbocycles. The predicted octanol–water partition coefficient (Wildman–Crippen LogP) is 3.39. The molecule has 2 rings (SSSR count). The van der Waals surface area contributed by atoms with E-state index in [2.05, 4.69) is 5.32 Å². The number of benzene rings is 2. The Morgan fingerprint density at radius 1 is 1.14 bits per heavy atom. The normalized spacial score (nSPS) is 11.2. The van der Waals surface area contributed by atoms with Crippen LogP contribution in [0.4, 0.5) is 14.0 Å². The largest absolute Gasteiger partial charge is 0.334 e. The van der Waals surface area contributed by atoms with Crippen molar-refractivity contribution < 1.29 is 21.5 Å². The van der Waals surface area contributed by atoms with Crippen LogP contribution in [0.3, 0.4) is 0 Å². The highest BCUT2D eigenvalue weighted by Gasteiger charge is 2.20. The van der Waals surface area contributed by atoms with Crippen molar-refractivity contribution in [2.24, 2.45) is 0 Å². The van der Waals surface area contributed by atoms with E-state index in [0.29, 0.717) is 0 Å². The minimum Gasteiger partial charge on any atom is -0.321 e. The molecule has 110 valence electrons. The second-order valence-electron chi connectivity index (χ2n) is 4.01. The minimum atomic E-state index is -5.01. The van der Waals surface area contributed by atoms with Gasteiger partial charge in [0.1, 0.15) is 10.7 Å². The monoisotopic (exact) mass is 331 g/mol. The maximum atomic E-state index is 13.6. The molecule has 0 aliphatic carbocycles. The van der Waals surface area contributed by atoms with Crippen LogP contribution in [0.2, 0.25) is 5.02 Å². The molecule has 0 saturated heterocycles. The van der Waals surface area contributed by atoms with Gasteiger partial charge in [0.15, 0.2) is 0 Å². The maximum absolute atomic E-state index is 13.6. The van der Waals surface area contributed by atoms with Gasteiger partial charge in [-0.3, -0.25) is 4.79 Å². The highest BCUT2D eigenvalue weighted by atomic mass is 35.5. The second kappa shape index (κ2) is 5.79. The van der Waals surface area contributed by atoms with Crippen molar-refractivity contribution in [2.45, 2.75) is 4.90 Å². The van der Waals surface area contributed by atoms with Crippen LogP contribution < -0.4 is 5.32 Å². The molecule has 0 bridgehead atoms. The van der Waals surface area contributed by atoms with E-state index in [4.69, 9.17) is 11.6 Å². The van der Waals surface area contributed by atoms with Crippen LogP contribution in [0.25, 0.3) is 0 Å². The molecule has 0 radical (unpaired) electrons. The fraction of sp³-hybridized carbons (Fsp3) is 0. The smallest absolute Gasteiger partial charge is 0.321 e. The van der Waals surface area contributed by atoms with Crippen molar-refractivity contribution in [3.63, 3.8) is 0 Å². The van der Waals surface area contributed by atoms with Crippen molar-refractivity contribution in [3.05, 3.63) is 58.9 Å². The lowest BCUT2D eigenvalue weighted by Crippen LogP contribution is -2.15. The van der Waals surface area contributed by atoms with Crippen LogP contribution in [0, 0.1) is 5.82 Å². The number of halogens is 3. The van der Waals surface area contributed by atoms with Crippen molar-refractivity contribution in [1.29, 1.82) is 0 Å². The molecule has 2 aromatic carbocycles. The summed E-state index contributed by atoms with van der Waals surface area (Å²) < 4.78 is 48.6. The zero-order valence-corrected chi connectivity index (χ0v) is 11.9. The average molecular weight is 332 g/mol. The summed E-state index contributed by atoms with van der Waals surface area (Å²) in [5, 5.41) is 2.26. The van der Waals surface area contributed by atoms with Crippen LogP contribution in [-0.4, -0.2) is 14.3 Å². The second-order valence-corrected chi connectivity index (χ2v) is 5.76. The molecule has 0 spiro atoms. The van der Waals surface area contributed by atoms with Gasteiger partial charge in [0.25, 0.3) is 5.91 Å². The first-order valence-corrected chi connectivity index (χ1v) is 7.35. The number of hydrogen-bond donors (Lipinski definition) is 1. The first-order valence-electron chi connectivity index (χ1n) is 5.59. The Morgan fingerprint density at radius 3 is 2.43 bits per heavy atom. The van der Waals surface area contributed by atoms with Gasteiger partial charge in [-0.25, -0.2) is 4.39 Å². The van der Waals surface area contributed by atoms with Crippen molar-refractivity contribution >= 4 is 33.4 Å². The number of carbonyl (C=O) groups excluding carboxylic acids is 1. The summed E-state index contributed by atoms with van der Waals surface area (Å²) in [6.45, 7) is 0. The van der Waals surface area contributed by atoms with Gasteiger partial charge in [0.05, 0.1) is 11.3 Å². The standard InChI is InChI=1S/C13H8ClF2NO3S/c14-8-5-6-9(10(15)7-8)13(18)17-11-3-1-2-4-12(11)21(16,19)20/h1-7H,(H,17,18). The van der Waals surface area contributed by atoms with E-state index in [9.17, 15) is 21.5 Å². The third kappa shape index (κ3) is 3.56. The molecule has 1 amide bonds. The van der Waals surface area contributed by atoms with Gasteiger partial charge in [0.2, 0.25) is 0 Å². The highest BCUT2D eigenvalue weighted by Crippen LogP contribution is 2.24. The van der Waals surface area contributed by atoms with Crippen molar-refractivity contribution in [2.75, 3.05) is 5.32 Å². The molecule has 0 aromatic heterocycles. The molecule has 1 N–H and O–H groups in total. The van der Waals surface area contributed by atoms with Crippen LogP contribution in [0.15, 0.2) is 47.4 Å². The molecular weight excluding hydrogens is 324 g/mol. The lowest BCUT2D eigenvalue weighted by molar-refractivity contribution is 0.102. The Labute approximate surface area is 124 Å². The van der Waals surface area contributed by atoms with Gasteiger partial charge < -0.3 is 5.32 Å². The summed E-state index contributed by atoms with van der Waals surface area (Å²) in [5.74, 6) is -1.79. The summed E-state index contributed by atoms with van der Waals surface area (Å²) in [6.07, 6.45) is 0. The van der Waals surface area contributed by atoms with Crippen LogP contribution >= 0.6 is 11.6 Å². The number of anilines is 1. The van der Waals surface area contributed by atoms with Crippen molar-refractivity contribution in [3.8, 4) is 0 Å². The summed E-state index contributed by atoms with van der Waals surface area (Å²) in [4.78, 5) is 11.2. The van der Waals surface area contributed by atoms with E-state index in [-0.39, 0.29) is 16.3 Å². The van der Waals surface area contributed by atoms with E-state index in [1.807, 2.05) is 0 Å². The third-order valence-electron chi connectivity index (χ3n) is 2.57. The number of carbonyl (C=O) groups is 1. The summed E-state index contributed by atoms with van der Waals surface area (Å²) >= 11 is 5.57. The quantitative estimate of drug-likeness (QED) is 0.877. The number of hydrogen-bond acceptors (Lipinski definition) is 3. The molecule has 0 unspecified atom stereocenters. The number of rotatable bonds is 3. The van der Waals surface area contributed by atoms with E-state index >= 15 is 0 Å². The molecular formula is C13H8ClF2NO3S. The van der Waals surface area contributed by atoms with Gasteiger partial charge in [-0.05, 0) is 30.3 Å². The Balaban J connectivity index is 2.37. The van der Waals surface area contributed by atoms with Gasteiger partial charge in [0, 0.05) is 5.02 Å². The van der Waals surface area contributed by atoms with Gasteiger partial charge in [-0.15, -0.1) is 3.89 Å². The third-order valence-corrected chi connectivity index (χ3v) is 3.69. The fourth-order valence-electron chi connectivity index (χ4n) is 1.65. The fourth-order valence-corrected chi connectivity index (χ4v) is 2.43. The zero-order chi connectivity index (χ0) is 15.6. The van der Waals surface area contributed by atoms with Gasteiger partial charge in [-0.1, -0.05) is 23.7 Å². The molecule has 0 fully saturated rings. The SMILES string of the molecule is O=C(Nc1ccccc1S(=O)(=O)F)c1ccc(Cl)cc1F. The lowest BCUT2D eigenvalue weighted by atomic mass is 10.2. The predicted molar refractivity (Wildman–Crippen MR) is 74.1 cm³/mol. The number of nitrogens with one attached hydrogen (secondary N) is 1. The summed E-state index contributed by atoms with van der Waals surface area (Å²) in [5.41, 5.74) is -0.621. The van der Waals surface area contributed by atoms with E-state index < -0.39 is 26.8 Å². The van der Waals surface area contributed by atoms with Gasteiger partial charge >= 0.3 is 10.2 Å². The van der Waals surface area contributed by atoms with E-state index in [1.165, 1.54) is 24.3 Å². The topological polar surface area (TPSA) is 63.2 Å². The lowest BCUT2D eigenvalue weighted by Gasteiger charge is -2.09. The highest BCUT2D eigenvalue weighted by molar-refractivity contribution is 7.86. The molecule has 0 aliphatic heterocycles. The Bertz CT molecular complexity index is 809. The molecule has 4 nitrogen and oxygen atoms in total. The average Bonchev–Trinajstić information content (AvgIpc) is 2.37. The van der Waals surface area contributed by atoms with Crippen LogP contribution in [0.1, 0.15) is 10.4 Å². The Morgan fingerprint density at radius 2 is 1.81 bits per heavy atom. The zero-order valence-electron chi connectivity index (χ0n) is 10.3. The molecule has 2 aromatic rings. The molecule has 0 atom stereocenters. The number of para-hydroxylation sites is 1. The van der Waals surface area contributed by atoms with Crippen LogP contribution in [0.5, 0.6) is 0 Å². The Kier molecular flexibility index (Phi) is 4.24. The molecule has 0 aliphatic rings. The summed E-state index contributed by atoms with van der Waals surface area (Å²) in [7, 11) is -5.01. The van der Waals surface area contributed by atoms with Crippen molar-refractivity contribution in [1.82, 2.24) is 0 Å². The maximum Gasteiger partial charge on any atom is 0.334 e. The molecule has 0 heterocycles. The molecule has 21 heavy (non-hydrogen) atoms. The van der Waals surface area contributed by atoms with Crippen LogP contribution in [-0.2, 0) is 10.2 Å². The number of amides is 1. The van der Waals surface area contributed by atoms with E-state index in [0.717, 1.165) is 18.2 Å². The van der Waals surface area contributed by atoms with Gasteiger partial charge in [-0.2, -0.15) is 8.42 Å². The molecule has 8 heteroatoms. The van der Waals surface area contributed by atoms with E-state index in [1.54, 1.807) is 0 Å².